The van der Waals surface area contributed by atoms with Crippen molar-refractivity contribution < 1.29 is 9.47 Å². The molecule has 1 atom stereocenters. The molecule has 0 saturated heterocycles. The number of allylic oxidation sites excluding steroid dienone is 1. The lowest BCUT2D eigenvalue weighted by atomic mass is 9.96. The highest BCUT2D eigenvalue weighted by Crippen LogP contribution is 2.27. The van der Waals surface area contributed by atoms with Crippen molar-refractivity contribution in [1.82, 2.24) is 0 Å². The molecule has 0 radical (unpaired) electrons. The van der Waals surface area contributed by atoms with Crippen molar-refractivity contribution in [1.29, 1.82) is 0 Å². The average molecular weight is 180 g/mol. The summed E-state index contributed by atoms with van der Waals surface area (Å²) in [5.41, 5.74) is 1.25. The first kappa shape index (κ1) is 9.90. The molecule has 0 fully saturated rings. The molecule has 0 saturated carbocycles. The van der Waals surface area contributed by atoms with Crippen LogP contribution < -0.4 is 0 Å². The number of hydrogen-bond donors (Lipinski definition) is 0. The van der Waals surface area contributed by atoms with E-state index in [1.54, 1.807) is 0 Å². The second-order valence-corrected chi connectivity index (χ2v) is 3.16. The van der Waals surface area contributed by atoms with Gasteiger partial charge in [-0.05, 0) is 18.9 Å². The Bertz CT molecular complexity index is 228. The lowest BCUT2D eigenvalue weighted by molar-refractivity contribution is 0.120. The largest absolute Gasteiger partial charge is 0.498 e. The molecule has 72 valence electrons. The standard InChI is InChI=1S/C11H16O2/c1-4-12-10-6-7-11(13-5-2)9(3)8-10/h4-5,10H,1-2,6-8H2,3H3. The second-order valence-electron chi connectivity index (χ2n) is 3.16. The van der Waals surface area contributed by atoms with E-state index in [4.69, 9.17) is 9.47 Å². The summed E-state index contributed by atoms with van der Waals surface area (Å²) in [7, 11) is 0. The van der Waals surface area contributed by atoms with Crippen molar-refractivity contribution in [2.45, 2.75) is 32.3 Å². The van der Waals surface area contributed by atoms with Crippen molar-refractivity contribution in [2.24, 2.45) is 0 Å². The minimum absolute atomic E-state index is 0.273. The third-order valence-electron chi connectivity index (χ3n) is 2.22. The van der Waals surface area contributed by atoms with Gasteiger partial charge >= 0.3 is 0 Å². The van der Waals surface area contributed by atoms with E-state index in [1.165, 1.54) is 18.1 Å². The van der Waals surface area contributed by atoms with Crippen LogP contribution in [0.5, 0.6) is 0 Å². The molecule has 0 N–H and O–H groups in total. The van der Waals surface area contributed by atoms with Gasteiger partial charge in [-0.3, -0.25) is 0 Å². The van der Waals surface area contributed by atoms with E-state index in [-0.39, 0.29) is 6.10 Å². The Balaban J connectivity index is 2.55. The smallest absolute Gasteiger partial charge is 0.102 e. The fourth-order valence-electron chi connectivity index (χ4n) is 1.58. The van der Waals surface area contributed by atoms with Crippen molar-refractivity contribution in [2.75, 3.05) is 0 Å². The highest BCUT2D eigenvalue weighted by atomic mass is 16.5. The maximum absolute atomic E-state index is 5.33. The SMILES string of the molecule is C=COC1=C(C)CC(OC=C)CC1. The van der Waals surface area contributed by atoms with Gasteiger partial charge < -0.3 is 9.47 Å². The molecule has 0 aliphatic heterocycles. The maximum atomic E-state index is 5.33. The van der Waals surface area contributed by atoms with Gasteiger partial charge in [0.05, 0.1) is 12.5 Å². The molecular formula is C11H16O2. The van der Waals surface area contributed by atoms with Crippen LogP contribution in [-0.2, 0) is 9.47 Å². The van der Waals surface area contributed by atoms with Gasteiger partial charge in [-0.25, -0.2) is 0 Å². The predicted molar refractivity (Wildman–Crippen MR) is 52.9 cm³/mol. The van der Waals surface area contributed by atoms with Crippen LogP contribution in [0.4, 0.5) is 0 Å². The van der Waals surface area contributed by atoms with Crippen molar-refractivity contribution in [3.63, 3.8) is 0 Å². The molecule has 0 amide bonds. The Morgan fingerprint density at radius 1 is 1.38 bits per heavy atom. The van der Waals surface area contributed by atoms with E-state index in [0.717, 1.165) is 25.0 Å². The molecule has 0 spiro atoms. The Morgan fingerprint density at radius 2 is 2.15 bits per heavy atom. The first-order chi connectivity index (χ1) is 6.27. The molecule has 2 heteroatoms. The number of ether oxygens (including phenoxy) is 2. The highest BCUT2D eigenvalue weighted by molar-refractivity contribution is 5.11. The fraction of sp³-hybridized carbons (Fsp3) is 0.455. The Kier molecular flexibility index (Phi) is 3.62. The van der Waals surface area contributed by atoms with Crippen LogP contribution in [0.15, 0.2) is 37.0 Å². The zero-order chi connectivity index (χ0) is 9.68. The summed E-state index contributed by atoms with van der Waals surface area (Å²) < 4.78 is 10.6. The molecule has 2 nitrogen and oxygen atoms in total. The summed E-state index contributed by atoms with van der Waals surface area (Å²) >= 11 is 0. The molecular weight excluding hydrogens is 164 g/mol. The van der Waals surface area contributed by atoms with Crippen LogP contribution in [0, 0.1) is 0 Å². The second kappa shape index (κ2) is 4.75. The van der Waals surface area contributed by atoms with Gasteiger partial charge in [0.25, 0.3) is 0 Å². The quantitative estimate of drug-likeness (QED) is 0.619. The third-order valence-corrected chi connectivity index (χ3v) is 2.22. The minimum Gasteiger partial charge on any atom is -0.498 e. The van der Waals surface area contributed by atoms with Gasteiger partial charge in [0.1, 0.15) is 11.9 Å². The van der Waals surface area contributed by atoms with Crippen LogP contribution >= 0.6 is 0 Å². The predicted octanol–water partition coefficient (Wildman–Crippen LogP) is 3.13. The number of rotatable bonds is 4. The lowest BCUT2D eigenvalue weighted by Crippen LogP contribution is -2.16. The van der Waals surface area contributed by atoms with Crippen molar-refractivity contribution >= 4 is 0 Å². The van der Waals surface area contributed by atoms with E-state index in [2.05, 4.69) is 20.1 Å². The summed E-state index contributed by atoms with van der Waals surface area (Å²) in [6.07, 6.45) is 6.11. The lowest BCUT2D eigenvalue weighted by Gasteiger charge is -2.24. The first-order valence-corrected chi connectivity index (χ1v) is 4.50. The normalized spacial score (nSPS) is 22.4. The van der Waals surface area contributed by atoms with Gasteiger partial charge in [0, 0.05) is 12.8 Å². The Labute approximate surface area is 79.5 Å². The van der Waals surface area contributed by atoms with Gasteiger partial charge in [-0.1, -0.05) is 13.2 Å². The van der Waals surface area contributed by atoms with Crippen LogP contribution in [0.25, 0.3) is 0 Å². The van der Waals surface area contributed by atoms with E-state index in [1.807, 2.05) is 0 Å². The minimum atomic E-state index is 0.273. The van der Waals surface area contributed by atoms with Gasteiger partial charge in [-0.2, -0.15) is 0 Å². The monoisotopic (exact) mass is 180 g/mol. The van der Waals surface area contributed by atoms with E-state index in [0.29, 0.717) is 0 Å². The Hall–Kier alpha value is -1.18. The summed E-state index contributed by atoms with van der Waals surface area (Å²) in [5, 5.41) is 0. The first-order valence-electron chi connectivity index (χ1n) is 4.50. The van der Waals surface area contributed by atoms with Gasteiger partial charge in [0.2, 0.25) is 0 Å². The van der Waals surface area contributed by atoms with Crippen LogP contribution in [0.3, 0.4) is 0 Å². The molecule has 1 unspecified atom stereocenters. The van der Waals surface area contributed by atoms with Crippen LogP contribution in [0.2, 0.25) is 0 Å². The summed E-state index contributed by atoms with van der Waals surface area (Å²) in [4.78, 5) is 0. The summed E-state index contributed by atoms with van der Waals surface area (Å²) in [5.74, 6) is 1.04. The third kappa shape index (κ3) is 2.65. The Morgan fingerprint density at radius 3 is 2.69 bits per heavy atom. The summed E-state index contributed by atoms with van der Waals surface area (Å²) in [6.45, 7) is 9.16. The molecule has 0 aromatic carbocycles. The maximum Gasteiger partial charge on any atom is 0.102 e. The van der Waals surface area contributed by atoms with E-state index >= 15 is 0 Å². The molecule has 1 rings (SSSR count). The number of hydrogen-bond acceptors (Lipinski definition) is 2. The molecule has 0 bridgehead atoms. The van der Waals surface area contributed by atoms with Crippen LogP contribution in [-0.4, -0.2) is 6.10 Å². The van der Waals surface area contributed by atoms with Crippen molar-refractivity contribution in [3.8, 4) is 0 Å². The van der Waals surface area contributed by atoms with E-state index < -0.39 is 0 Å². The highest BCUT2D eigenvalue weighted by Gasteiger charge is 2.19. The van der Waals surface area contributed by atoms with E-state index in [9.17, 15) is 0 Å². The molecule has 13 heavy (non-hydrogen) atoms. The van der Waals surface area contributed by atoms with Crippen LogP contribution in [0.1, 0.15) is 26.2 Å². The molecule has 1 aliphatic rings. The molecule has 1 aliphatic carbocycles. The topological polar surface area (TPSA) is 18.5 Å². The molecule has 0 aromatic rings. The van der Waals surface area contributed by atoms with Crippen molar-refractivity contribution in [3.05, 3.63) is 37.0 Å². The zero-order valence-electron chi connectivity index (χ0n) is 8.08. The molecule has 0 heterocycles. The average Bonchev–Trinajstić information content (AvgIpc) is 2.10. The summed E-state index contributed by atoms with van der Waals surface area (Å²) in [6, 6.07) is 0. The fourth-order valence-corrected chi connectivity index (χ4v) is 1.58. The zero-order valence-corrected chi connectivity index (χ0v) is 8.08. The van der Waals surface area contributed by atoms with Gasteiger partial charge in [0.15, 0.2) is 0 Å². The van der Waals surface area contributed by atoms with Gasteiger partial charge in [-0.15, -0.1) is 0 Å². The molecule has 0 aromatic heterocycles.